The van der Waals surface area contributed by atoms with Crippen LogP contribution in [0.1, 0.15) is 65.6 Å². The maximum absolute atomic E-state index is 13.1. The molecule has 166 valence electrons. The third kappa shape index (κ3) is 6.06. The summed E-state index contributed by atoms with van der Waals surface area (Å²) in [5.41, 5.74) is 2.86. The number of benzene rings is 1. The smallest absolute Gasteiger partial charge is 0.408 e. The van der Waals surface area contributed by atoms with Gasteiger partial charge in [0, 0.05) is 23.4 Å². The van der Waals surface area contributed by atoms with Gasteiger partial charge in [-0.1, -0.05) is 38.5 Å². The molecule has 1 aromatic heterocycles. The summed E-state index contributed by atoms with van der Waals surface area (Å²) >= 11 is 0. The summed E-state index contributed by atoms with van der Waals surface area (Å²) in [4.78, 5) is 30.1. The van der Waals surface area contributed by atoms with E-state index in [1.165, 1.54) is 0 Å². The minimum atomic E-state index is -0.579. The maximum atomic E-state index is 13.1. The van der Waals surface area contributed by atoms with Crippen molar-refractivity contribution in [3.05, 3.63) is 48.3 Å². The van der Waals surface area contributed by atoms with Gasteiger partial charge < -0.3 is 15.4 Å². The summed E-state index contributed by atoms with van der Waals surface area (Å²) in [6.45, 7) is 9.67. The Hall–Kier alpha value is -2.89. The van der Waals surface area contributed by atoms with E-state index in [0.717, 1.165) is 35.3 Å². The fourth-order valence-corrected chi connectivity index (χ4v) is 3.93. The molecule has 0 fully saturated rings. The van der Waals surface area contributed by atoms with Crippen molar-refractivity contribution >= 4 is 17.7 Å². The second-order valence-corrected chi connectivity index (χ2v) is 9.48. The van der Waals surface area contributed by atoms with Gasteiger partial charge in [-0.3, -0.25) is 9.78 Å². The van der Waals surface area contributed by atoms with Crippen molar-refractivity contribution < 1.29 is 14.3 Å². The Labute approximate surface area is 184 Å². The lowest BCUT2D eigenvalue weighted by atomic mass is 9.88. The van der Waals surface area contributed by atoms with Crippen molar-refractivity contribution in [3.63, 3.8) is 0 Å². The molecule has 2 heterocycles. The Bertz CT molecular complexity index is 934. The van der Waals surface area contributed by atoms with Crippen LogP contribution in [0.4, 0.5) is 10.5 Å². The van der Waals surface area contributed by atoms with Crippen LogP contribution in [0, 0.1) is 11.8 Å². The van der Waals surface area contributed by atoms with Crippen LogP contribution in [0.25, 0.3) is 11.1 Å². The van der Waals surface area contributed by atoms with E-state index < -0.39 is 11.7 Å². The van der Waals surface area contributed by atoms with Gasteiger partial charge in [-0.2, -0.15) is 0 Å². The number of para-hydroxylation sites is 1. The fraction of sp³-hybridized carbons (Fsp3) is 0.480. The van der Waals surface area contributed by atoms with E-state index in [2.05, 4.69) is 29.5 Å². The molecule has 2 aromatic rings. The zero-order chi connectivity index (χ0) is 22.6. The molecule has 3 rings (SSSR count). The number of carbonyl (C=O) groups excluding carboxylic acids is 2. The van der Waals surface area contributed by atoms with Crippen LogP contribution in [0.5, 0.6) is 0 Å². The molecule has 1 aliphatic heterocycles. The Balaban J connectivity index is 2.00. The predicted molar refractivity (Wildman–Crippen MR) is 123 cm³/mol. The third-order valence-corrected chi connectivity index (χ3v) is 5.47. The number of rotatable bonds is 2. The normalized spacial score (nSPS) is 19.5. The highest BCUT2D eigenvalue weighted by atomic mass is 16.6. The summed E-state index contributed by atoms with van der Waals surface area (Å²) in [5, 5.41) is 6.13. The predicted octanol–water partition coefficient (Wildman–Crippen LogP) is 5.71. The first-order chi connectivity index (χ1) is 14.6. The number of nitrogens with one attached hydrogen (secondary N) is 2. The van der Waals surface area contributed by atoms with E-state index in [1.54, 1.807) is 6.20 Å². The number of carbonyl (C=O) groups is 2. The third-order valence-electron chi connectivity index (χ3n) is 5.47. The molecular weight excluding hydrogens is 390 g/mol. The molecule has 2 atom stereocenters. The van der Waals surface area contributed by atoms with Crippen LogP contribution < -0.4 is 10.6 Å². The molecule has 0 saturated carbocycles. The number of aromatic nitrogens is 1. The second kappa shape index (κ2) is 9.50. The highest BCUT2D eigenvalue weighted by molar-refractivity contribution is 5.97. The van der Waals surface area contributed by atoms with E-state index in [1.807, 2.05) is 57.2 Å². The molecule has 31 heavy (non-hydrogen) atoms. The van der Waals surface area contributed by atoms with Gasteiger partial charge in [-0.05, 0) is 63.3 Å². The van der Waals surface area contributed by atoms with Crippen LogP contribution in [0.15, 0.2) is 42.6 Å². The number of amides is 2. The summed E-state index contributed by atoms with van der Waals surface area (Å²) < 4.78 is 5.48. The molecule has 0 saturated heterocycles. The van der Waals surface area contributed by atoms with Crippen molar-refractivity contribution in [3.8, 4) is 11.1 Å². The van der Waals surface area contributed by atoms with Gasteiger partial charge in [0.15, 0.2) is 0 Å². The molecule has 2 amide bonds. The van der Waals surface area contributed by atoms with E-state index in [4.69, 9.17) is 4.74 Å². The summed E-state index contributed by atoms with van der Waals surface area (Å²) in [5.74, 6) is 0.137. The number of fused-ring (bicyclic) bond motifs is 4. The Morgan fingerprint density at radius 1 is 1.19 bits per heavy atom. The average molecular weight is 424 g/mol. The topological polar surface area (TPSA) is 80.3 Å². The molecule has 1 aromatic carbocycles. The van der Waals surface area contributed by atoms with Gasteiger partial charge in [-0.15, -0.1) is 0 Å². The van der Waals surface area contributed by atoms with Gasteiger partial charge in [0.1, 0.15) is 5.60 Å². The van der Waals surface area contributed by atoms with Gasteiger partial charge in [0.05, 0.1) is 11.7 Å². The minimum absolute atomic E-state index is 0.0361. The minimum Gasteiger partial charge on any atom is -0.444 e. The SMILES string of the molecule is CC(C)[C@@H]1CCC[C@H](NC(=O)OC(C)(C)C)c2cc(ccn2)-c2ccccc2NC1=O. The Morgan fingerprint density at radius 2 is 1.94 bits per heavy atom. The maximum Gasteiger partial charge on any atom is 0.408 e. The Kier molecular flexibility index (Phi) is 6.98. The molecule has 6 heteroatoms. The zero-order valence-electron chi connectivity index (χ0n) is 19.1. The van der Waals surface area contributed by atoms with Crippen molar-refractivity contribution in [1.82, 2.24) is 10.3 Å². The number of anilines is 1. The van der Waals surface area contributed by atoms with Gasteiger partial charge >= 0.3 is 6.09 Å². The van der Waals surface area contributed by atoms with Gasteiger partial charge in [-0.25, -0.2) is 4.79 Å². The molecule has 0 radical (unpaired) electrons. The van der Waals surface area contributed by atoms with E-state index in [0.29, 0.717) is 6.42 Å². The lowest BCUT2D eigenvalue weighted by Gasteiger charge is -2.26. The number of hydrogen-bond donors (Lipinski definition) is 2. The van der Waals surface area contributed by atoms with Crippen molar-refractivity contribution in [2.75, 3.05) is 5.32 Å². The van der Waals surface area contributed by atoms with Crippen LogP contribution in [0.3, 0.4) is 0 Å². The first-order valence-corrected chi connectivity index (χ1v) is 11.0. The van der Waals surface area contributed by atoms with Crippen LogP contribution in [0.2, 0.25) is 0 Å². The average Bonchev–Trinajstić information content (AvgIpc) is 2.68. The molecule has 2 N–H and O–H groups in total. The first kappa shape index (κ1) is 22.8. The summed E-state index contributed by atoms with van der Waals surface area (Å²) in [6.07, 6.45) is 3.47. The summed E-state index contributed by atoms with van der Waals surface area (Å²) in [7, 11) is 0. The van der Waals surface area contributed by atoms with E-state index >= 15 is 0 Å². The van der Waals surface area contributed by atoms with Crippen molar-refractivity contribution in [1.29, 1.82) is 0 Å². The Morgan fingerprint density at radius 3 is 2.65 bits per heavy atom. The number of alkyl carbamates (subject to hydrolysis) is 1. The van der Waals surface area contributed by atoms with Crippen LogP contribution in [-0.4, -0.2) is 22.6 Å². The van der Waals surface area contributed by atoms with Crippen LogP contribution >= 0.6 is 0 Å². The van der Waals surface area contributed by atoms with Crippen molar-refractivity contribution in [2.45, 2.75) is 65.5 Å². The monoisotopic (exact) mass is 423 g/mol. The molecule has 0 spiro atoms. The lowest BCUT2D eigenvalue weighted by molar-refractivity contribution is -0.121. The largest absolute Gasteiger partial charge is 0.444 e. The molecule has 0 aliphatic carbocycles. The van der Waals surface area contributed by atoms with Crippen LogP contribution in [-0.2, 0) is 9.53 Å². The second-order valence-electron chi connectivity index (χ2n) is 9.48. The number of ether oxygens (including phenoxy) is 1. The number of nitrogens with zero attached hydrogens (tertiary/aromatic N) is 1. The van der Waals surface area contributed by atoms with E-state index in [9.17, 15) is 9.59 Å². The number of hydrogen-bond acceptors (Lipinski definition) is 4. The molecule has 0 unspecified atom stereocenters. The molecular formula is C25H33N3O3. The molecule has 2 bridgehead atoms. The number of pyridine rings is 1. The quantitative estimate of drug-likeness (QED) is 0.648. The van der Waals surface area contributed by atoms with Gasteiger partial charge in [0.25, 0.3) is 0 Å². The summed E-state index contributed by atoms with van der Waals surface area (Å²) in [6, 6.07) is 11.4. The molecule has 6 nitrogen and oxygen atoms in total. The van der Waals surface area contributed by atoms with Crippen molar-refractivity contribution in [2.24, 2.45) is 11.8 Å². The highest BCUT2D eigenvalue weighted by Crippen LogP contribution is 2.32. The lowest BCUT2D eigenvalue weighted by Crippen LogP contribution is -2.35. The standard InChI is InChI=1S/C25H33N3O3/c1-16(2)18-10-8-12-21(28-24(30)31-25(3,4)5)22-15-17(13-14-26-22)19-9-6-7-11-20(19)27-23(18)29/h6-7,9,11,13-16,18,21H,8,10,12H2,1-5H3,(H,27,29)(H,28,30)/t18-,21-/m0/s1. The molecule has 1 aliphatic rings. The first-order valence-electron chi connectivity index (χ1n) is 11.0. The van der Waals surface area contributed by atoms with E-state index in [-0.39, 0.29) is 23.8 Å². The van der Waals surface area contributed by atoms with Gasteiger partial charge in [0.2, 0.25) is 5.91 Å². The zero-order valence-corrected chi connectivity index (χ0v) is 19.1. The highest BCUT2D eigenvalue weighted by Gasteiger charge is 2.26. The fourth-order valence-electron chi connectivity index (χ4n) is 3.93.